The summed E-state index contributed by atoms with van der Waals surface area (Å²) in [5.74, 6) is 0.704. The molecule has 69 valence electrons. The fraction of sp³-hybridized carbons (Fsp3) is 0.500. The van der Waals surface area contributed by atoms with Gasteiger partial charge in [-0.2, -0.15) is 0 Å². The smallest absolute Gasteiger partial charge is 0.0446 e. The quantitative estimate of drug-likeness (QED) is 0.628. The van der Waals surface area contributed by atoms with Crippen molar-refractivity contribution in [2.75, 3.05) is 0 Å². The number of rotatable bonds is 1. The van der Waals surface area contributed by atoms with Gasteiger partial charge in [0, 0.05) is 5.02 Å². The topological polar surface area (TPSA) is 0 Å². The molecule has 0 nitrogen and oxygen atoms in total. The summed E-state index contributed by atoms with van der Waals surface area (Å²) in [4.78, 5) is 0. The van der Waals surface area contributed by atoms with Gasteiger partial charge in [-0.05, 0) is 36.5 Å². The summed E-state index contributed by atoms with van der Waals surface area (Å²) in [7, 11) is 0. The largest absolute Gasteiger partial charge is 0.0840 e. The first-order chi connectivity index (χ1) is 6.38. The zero-order chi connectivity index (χ0) is 9.10. The highest BCUT2D eigenvalue weighted by atomic mass is 35.5. The van der Waals surface area contributed by atoms with E-state index in [0.717, 1.165) is 5.02 Å². The number of hydrogen-bond donors (Lipinski definition) is 0. The van der Waals surface area contributed by atoms with E-state index in [1.54, 1.807) is 0 Å². The normalized spacial score (nSPS) is 18.8. The molecule has 0 amide bonds. The molecular weight excluding hydrogens is 180 g/mol. The van der Waals surface area contributed by atoms with Crippen LogP contribution in [0, 0.1) is 6.07 Å². The highest BCUT2D eigenvalue weighted by molar-refractivity contribution is 6.31. The third-order valence-electron chi connectivity index (χ3n) is 2.89. The van der Waals surface area contributed by atoms with Crippen LogP contribution in [0.4, 0.5) is 0 Å². The lowest BCUT2D eigenvalue weighted by molar-refractivity contribution is 0.444. The van der Waals surface area contributed by atoms with Crippen LogP contribution in [0.3, 0.4) is 0 Å². The van der Waals surface area contributed by atoms with Crippen LogP contribution < -0.4 is 0 Å². The molecule has 1 fully saturated rings. The van der Waals surface area contributed by atoms with Crippen molar-refractivity contribution in [3.05, 3.63) is 34.9 Å². The fourth-order valence-electron chi connectivity index (χ4n) is 2.17. The van der Waals surface area contributed by atoms with Gasteiger partial charge in [-0.1, -0.05) is 43.0 Å². The molecule has 1 aromatic carbocycles. The summed E-state index contributed by atoms with van der Waals surface area (Å²) < 4.78 is 0. The molecule has 0 atom stereocenters. The lowest BCUT2D eigenvalue weighted by atomic mass is 9.84. The van der Waals surface area contributed by atoms with E-state index in [1.807, 2.05) is 12.1 Å². The van der Waals surface area contributed by atoms with Crippen LogP contribution in [-0.2, 0) is 0 Å². The molecule has 0 saturated heterocycles. The van der Waals surface area contributed by atoms with Crippen LogP contribution in [-0.4, -0.2) is 0 Å². The molecule has 0 unspecified atom stereocenters. The average molecular weight is 194 g/mol. The first kappa shape index (κ1) is 9.08. The van der Waals surface area contributed by atoms with Gasteiger partial charge < -0.3 is 0 Å². The molecule has 0 N–H and O–H groups in total. The lowest BCUT2D eigenvalue weighted by Crippen LogP contribution is -2.04. The highest BCUT2D eigenvalue weighted by Gasteiger charge is 2.16. The summed E-state index contributed by atoms with van der Waals surface area (Å²) in [5.41, 5.74) is 1.33. The van der Waals surface area contributed by atoms with E-state index in [9.17, 15) is 0 Å². The van der Waals surface area contributed by atoms with Crippen LogP contribution in [0.25, 0.3) is 0 Å². The second-order valence-electron chi connectivity index (χ2n) is 3.78. The molecular formula is C12H14Cl. The van der Waals surface area contributed by atoms with Crippen LogP contribution in [0.1, 0.15) is 43.6 Å². The van der Waals surface area contributed by atoms with Gasteiger partial charge in [0.15, 0.2) is 0 Å². The van der Waals surface area contributed by atoms with Crippen molar-refractivity contribution < 1.29 is 0 Å². The molecule has 2 rings (SSSR count). The summed E-state index contributed by atoms with van der Waals surface area (Å²) in [6.45, 7) is 0. The molecule has 1 aliphatic carbocycles. The third kappa shape index (κ3) is 2.05. The minimum absolute atomic E-state index is 0.704. The molecule has 1 heteroatoms. The predicted molar refractivity (Wildman–Crippen MR) is 56.1 cm³/mol. The summed E-state index contributed by atoms with van der Waals surface area (Å²) in [6, 6.07) is 8.98. The minimum atomic E-state index is 0.704. The first-order valence-corrected chi connectivity index (χ1v) is 5.41. The van der Waals surface area contributed by atoms with Crippen LogP contribution in [0.2, 0.25) is 5.02 Å². The van der Waals surface area contributed by atoms with E-state index in [2.05, 4.69) is 12.1 Å². The molecule has 13 heavy (non-hydrogen) atoms. The Kier molecular flexibility index (Phi) is 2.90. The zero-order valence-corrected chi connectivity index (χ0v) is 8.48. The van der Waals surface area contributed by atoms with Crippen LogP contribution in [0.5, 0.6) is 0 Å². The van der Waals surface area contributed by atoms with Crippen molar-refractivity contribution in [3.8, 4) is 0 Å². The molecule has 1 radical (unpaired) electrons. The van der Waals surface area contributed by atoms with Gasteiger partial charge in [0.05, 0.1) is 0 Å². The van der Waals surface area contributed by atoms with Crippen LogP contribution >= 0.6 is 11.6 Å². The highest BCUT2D eigenvalue weighted by Crippen LogP contribution is 2.35. The maximum absolute atomic E-state index is 6.13. The molecule has 0 bridgehead atoms. The van der Waals surface area contributed by atoms with E-state index in [4.69, 9.17) is 11.6 Å². The summed E-state index contributed by atoms with van der Waals surface area (Å²) in [5, 5.41) is 0.898. The first-order valence-electron chi connectivity index (χ1n) is 5.03. The molecule has 1 aromatic rings. The zero-order valence-electron chi connectivity index (χ0n) is 7.72. The Morgan fingerprint density at radius 1 is 1.23 bits per heavy atom. The van der Waals surface area contributed by atoms with Gasteiger partial charge in [0.2, 0.25) is 0 Å². The standard InChI is InChI=1S/C12H14Cl/c13-12-9-5-4-8-11(12)10-6-2-1-3-7-10/h4,8-10H,1-3,6-7H2. The number of hydrogen-bond acceptors (Lipinski definition) is 0. The van der Waals surface area contributed by atoms with Crippen molar-refractivity contribution in [2.45, 2.75) is 38.0 Å². The molecule has 0 spiro atoms. The summed E-state index contributed by atoms with van der Waals surface area (Å²) in [6.07, 6.45) is 6.74. The Bertz CT molecular complexity index is 274. The third-order valence-corrected chi connectivity index (χ3v) is 3.22. The lowest BCUT2D eigenvalue weighted by Gasteiger charge is -2.22. The van der Waals surface area contributed by atoms with Crippen molar-refractivity contribution in [3.63, 3.8) is 0 Å². The van der Waals surface area contributed by atoms with Crippen molar-refractivity contribution in [1.29, 1.82) is 0 Å². The maximum atomic E-state index is 6.13. The summed E-state index contributed by atoms with van der Waals surface area (Å²) >= 11 is 6.13. The Hall–Kier alpha value is -0.490. The molecule has 1 aliphatic rings. The van der Waals surface area contributed by atoms with E-state index >= 15 is 0 Å². The van der Waals surface area contributed by atoms with Crippen LogP contribution in [0.15, 0.2) is 18.2 Å². The van der Waals surface area contributed by atoms with Gasteiger partial charge in [0.25, 0.3) is 0 Å². The van der Waals surface area contributed by atoms with Gasteiger partial charge >= 0.3 is 0 Å². The monoisotopic (exact) mass is 193 g/mol. The SMILES string of the molecule is Clc1c[c]ccc1C1CCCCC1. The maximum Gasteiger partial charge on any atom is 0.0446 e. The van der Waals surface area contributed by atoms with Gasteiger partial charge in [-0.3, -0.25) is 0 Å². The van der Waals surface area contributed by atoms with Gasteiger partial charge in [-0.25, -0.2) is 0 Å². The van der Waals surface area contributed by atoms with E-state index in [0.29, 0.717) is 5.92 Å². The fourth-order valence-corrected chi connectivity index (χ4v) is 2.45. The van der Waals surface area contributed by atoms with Crippen molar-refractivity contribution >= 4 is 11.6 Å². The van der Waals surface area contributed by atoms with Crippen molar-refractivity contribution in [1.82, 2.24) is 0 Å². The van der Waals surface area contributed by atoms with E-state index < -0.39 is 0 Å². The van der Waals surface area contributed by atoms with Gasteiger partial charge in [-0.15, -0.1) is 0 Å². The molecule has 0 heterocycles. The Morgan fingerprint density at radius 2 is 2.00 bits per heavy atom. The predicted octanol–water partition coefficient (Wildman–Crippen LogP) is 4.19. The molecule has 0 aromatic heterocycles. The van der Waals surface area contributed by atoms with Crippen molar-refractivity contribution in [2.24, 2.45) is 0 Å². The molecule has 1 saturated carbocycles. The average Bonchev–Trinajstić information content (AvgIpc) is 2.20. The number of halogens is 1. The Labute approximate surface area is 84.9 Å². The second kappa shape index (κ2) is 4.15. The van der Waals surface area contributed by atoms with Gasteiger partial charge in [0.1, 0.15) is 0 Å². The molecule has 0 aliphatic heterocycles. The van der Waals surface area contributed by atoms with E-state index in [1.165, 1.54) is 37.7 Å². The Balaban J connectivity index is 2.18. The minimum Gasteiger partial charge on any atom is -0.0840 e. The second-order valence-corrected chi connectivity index (χ2v) is 4.19. The van der Waals surface area contributed by atoms with E-state index in [-0.39, 0.29) is 0 Å². The Morgan fingerprint density at radius 3 is 2.69 bits per heavy atom. The number of benzene rings is 1.